The maximum atomic E-state index is 12.8. The molecule has 0 unspecified atom stereocenters. The maximum Gasteiger partial charge on any atom is 0.279 e. The van der Waals surface area contributed by atoms with Crippen LogP contribution in [-0.4, -0.2) is 56.4 Å². The van der Waals surface area contributed by atoms with Crippen LogP contribution in [0.25, 0.3) is 10.2 Å². The van der Waals surface area contributed by atoms with E-state index in [0.717, 1.165) is 26.0 Å². The standard InChI is InChI=1S/C20H23N3O4S3/c1-22(2)30(25,26)16-8-5-14(6-9-16)19(24)21-20-23(11-12-28-4)17-13-15(27-3)7-10-18(17)29-20/h5-10,13H,11-12H2,1-4H3. The molecule has 0 aliphatic rings. The number of rotatable bonds is 7. The summed E-state index contributed by atoms with van der Waals surface area (Å²) in [5.74, 6) is 1.20. The average molecular weight is 466 g/mol. The summed E-state index contributed by atoms with van der Waals surface area (Å²) in [6.45, 7) is 0.709. The van der Waals surface area contributed by atoms with Gasteiger partial charge < -0.3 is 9.30 Å². The Hall–Kier alpha value is -2.14. The second-order valence-corrected chi connectivity index (χ2v) is 10.7. The van der Waals surface area contributed by atoms with E-state index in [1.165, 1.54) is 49.7 Å². The number of aromatic nitrogens is 1. The van der Waals surface area contributed by atoms with Gasteiger partial charge in [0.2, 0.25) is 10.0 Å². The molecule has 3 aromatic rings. The minimum absolute atomic E-state index is 0.132. The molecule has 0 spiro atoms. The first-order valence-electron chi connectivity index (χ1n) is 9.06. The molecule has 7 nitrogen and oxygen atoms in total. The van der Waals surface area contributed by atoms with Crippen molar-refractivity contribution in [2.45, 2.75) is 11.4 Å². The lowest BCUT2D eigenvalue weighted by molar-refractivity contribution is 0.0997. The van der Waals surface area contributed by atoms with E-state index in [1.54, 1.807) is 18.9 Å². The van der Waals surface area contributed by atoms with Crippen LogP contribution >= 0.6 is 23.1 Å². The van der Waals surface area contributed by atoms with Crippen molar-refractivity contribution in [3.8, 4) is 5.75 Å². The average Bonchev–Trinajstić information content (AvgIpc) is 3.07. The SMILES string of the molecule is COc1ccc2sc(=NC(=O)c3ccc(S(=O)(=O)N(C)C)cc3)n(CCSC)c2c1. The van der Waals surface area contributed by atoms with E-state index < -0.39 is 15.9 Å². The summed E-state index contributed by atoms with van der Waals surface area (Å²) in [6.07, 6.45) is 2.03. The fraction of sp³-hybridized carbons (Fsp3) is 0.300. The molecule has 160 valence electrons. The number of hydrogen-bond acceptors (Lipinski definition) is 6. The molecule has 30 heavy (non-hydrogen) atoms. The van der Waals surface area contributed by atoms with Crippen LogP contribution in [0.4, 0.5) is 0 Å². The van der Waals surface area contributed by atoms with Crippen LogP contribution in [0.3, 0.4) is 0 Å². The molecule has 0 saturated carbocycles. The number of carbonyl (C=O) groups is 1. The van der Waals surface area contributed by atoms with Gasteiger partial charge in [0.15, 0.2) is 4.80 Å². The van der Waals surface area contributed by atoms with Crippen molar-refractivity contribution in [2.24, 2.45) is 4.99 Å². The number of amides is 1. The molecule has 0 bridgehead atoms. The van der Waals surface area contributed by atoms with Crippen LogP contribution in [0, 0.1) is 0 Å². The van der Waals surface area contributed by atoms with Crippen LogP contribution in [0.1, 0.15) is 10.4 Å². The van der Waals surface area contributed by atoms with Crippen LogP contribution in [0.15, 0.2) is 52.4 Å². The number of ether oxygens (including phenoxy) is 1. The van der Waals surface area contributed by atoms with Gasteiger partial charge in [-0.1, -0.05) is 11.3 Å². The molecule has 0 fully saturated rings. The second kappa shape index (κ2) is 9.34. The first kappa shape index (κ1) is 22.5. The van der Waals surface area contributed by atoms with Crippen LogP contribution < -0.4 is 9.54 Å². The number of thioether (sulfide) groups is 1. The predicted molar refractivity (Wildman–Crippen MR) is 122 cm³/mol. The van der Waals surface area contributed by atoms with E-state index in [0.29, 0.717) is 16.9 Å². The summed E-state index contributed by atoms with van der Waals surface area (Å²) >= 11 is 3.15. The number of aryl methyl sites for hydroxylation is 1. The lowest BCUT2D eigenvalue weighted by atomic mass is 10.2. The first-order valence-corrected chi connectivity index (χ1v) is 12.7. The number of benzene rings is 2. The molecule has 1 aromatic heterocycles. The zero-order valence-electron chi connectivity index (χ0n) is 17.2. The lowest BCUT2D eigenvalue weighted by Gasteiger charge is -2.11. The number of nitrogens with zero attached hydrogens (tertiary/aromatic N) is 3. The smallest absolute Gasteiger partial charge is 0.279 e. The monoisotopic (exact) mass is 465 g/mol. The van der Waals surface area contributed by atoms with Crippen molar-refractivity contribution in [3.63, 3.8) is 0 Å². The lowest BCUT2D eigenvalue weighted by Crippen LogP contribution is -2.22. The molecule has 1 amide bonds. The molecule has 0 aliphatic carbocycles. The molecule has 0 aliphatic heterocycles. The molecular weight excluding hydrogens is 442 g/mol. The molecule has 10 heteroatoms. The van der Waals surface area contributed by atoms with Gasteiger partial charge in [0.05, 0.1) is 22.2 Å². The number of carbonyl (C=O) groups excluding carboxylic acids is 1. The quantitative estimate of drug-likeness (QED) is 0.536. The van der Waals surface area contributed by atoms with Crippen molar-refractivity contribution >= 4 is 49.2 Å². The van der Waals surface area contributed by atoms with E-state index in [2.05, 4.69) is 4.99 Å². The van der Waals surface area contributed by atoms with Gasteiger partial charge in [0, 0.05) is 38.0 Å². The predicted octanol–water partition coefficient (Wildman–Crippen LogP) is 3.07. The van der Waals surface area contributed by atoms with Crippen LogP contribution in [0.2, 0.25) is 0 Å². The summed E-state index contributed by atoms with van der Waals surface area (Å²) in [6, 6.07) is 11.6. The Balaban J connectivity index is 2.02. The third-order valence-electron chi connectivity index (χ3n) is 4.49. The van der Waals surface area contributed by atoms with E-state index in [9.17, 15) is 13.2 Å². The molecule has 0 atom stereocenters. The minimum Gasteiger partial charge on any atom is -0.497 e. The zero-order valence-corrected chi connectivity index (χ0v) is 19.6. The van der Waals surface area contributed by atoms with E-state index in [4.69, 9.17) is 4.74 Å². The molecule has 0 radical (unpaired) electrons. The Bertz CT molecular complexity index is 1230. The number of fused-ring (bicyclic) bond motifs is 1. The fourth-order valence-corrected chi connectivity index (χ4v) is 5.09. The largest absolute Gasteiger partial charge is 0.497 e. The van der Waals surface area contributed by atoms with Gasteiger partial charge in [0.1, 0.15) is 5.75 Å². The summed E-state index contributed by atoms with van der Waals surface area (Å²) in [4.78, 5) is 17.8. The summed E-state index contributed by atoms with van der Waals surface area (Å²) in [7, 11) is 1.01. The molecule has 1 heterocycles. The fourth-order valence-electron chi connectivity index (χ4n) is 2.79. The Morgan fingerprint density at radius 3 is 2.50 bits per heavy atom. The highest BCUT2D eigenvalue weighted by Gasteiger charge is 2.17. The molecule has 0 saturated heterocycles. The third kappa shape index (κ3) is 4.61. The van der Waals surface area contributed by atoms with Crippen molar-refractivity contribution in [1.29, 1.82) is 0 Å². The van der Waals surface area contributed by atoms with Gasteiger partial charge >= 0.3 is 0 Å². The van der Waals surface area contributed by atoms with Crippen molar-refractivity contribution in [1.82, 2.24) is 8.87 Å². The molecular formula is C20H23N3O4S3. The Morgan fingerprint density at radius 1 is 1.20 bits per heavy atom. The normalized spacial score (nSPS) is 12.6. The number of hydrogen-bond donors (Lipinski definition) is 0. The second-order valence-electron chi connectivity index (χ2n) is 6.59. The minimum atomic E-state index is -3.54. The highest BCUT2D eigenvalue weighted by Crippen LogP contribution is 2.23. The maximum absolute atomic E-state index is 12.8. The Kier molecular flexibility index (Phi) is 7.02. The molecule has 3 rings (SSSR count). The Labute approximate surface area is 184 Å². The van der Waals surface area contributed by atoms with E-state index >= 15 is 0 Å². The van der Waals surface area contributed by atoms with Crippen molar-refractivity contribution in [2.75, 3.05) is 33.2 Å². The highest BCUT2D eigenvalue weighted by molar-refractivity contribution is 7.98. The summed E-state index contributed by atoms with van der Waals surface area (Å²) in [5.41, 5.74) is 1.30. The Morgan fingerprint density at radius 2 is 1.90 bits per heavy atom. The van der Waals surface area contributed by atoms with Crippen LogP contribution in [-0.2, 0) is 16.6 Å². The number of sulfonamides is 1. The summed E-state index contributed by atoms with van der Waals surface area (Å²) in [5, 5.41) is 0. The van der Waals surface area contributed by atoms with Crippen molar-refractivity contribution in [3.05, 3.63) is 52.8 Å². The number of thiazole rings is 1. The molecule has 0 N–H and O–H groups in total. The van der Waals surface area contributed by atoms with Crippen LogP contribution in [0.5, 0.6) is 5.75 Å². The van der Waals surface area contributed by atoms with Gasteiger partial charge in [-0.3, -0.25) is 4.79 Å². The zero-order chi connectivity index (χ0) is 21.9. The van der Waals surface area contributed by atoms with Gasteiger partial charge in [-0.15, -0.1) is 0 Å². The van der Waals surface area contributed by atoms with Gasteiger partial charge in [-0.25, -0.2) is 12.7 Å². The highest BCUT2D eigenvalue weighted by atomic mass is 32.2. The molecule has 2 aromatic carbocycles. The van der Waals surface area contributed by atoms with Gasteiger partial charge in [-0.2, -0.15) is 16.8 Å². The topological polar surface area (TPSA) is 81.0 Å². The van der Waals surface area contributed by atoms with Gasteiger partial charge in [-0.05, 0) is 42.7 Å². The first-order chi connectivity index (χ1) is 14.3. The van der Waals surface area contributed by atoms with E-state index in [1.807, 2.05) is 29.0 Å². The van der Waals surface area contributed by atoms with E-state index in [-0.39, 0.29) is 4.90 Å². The third-order valence-corrected chi connectivity index (χ3v) is 7.96. The van der Waals surface area contributed by atoms with Crippen molar-refractivity contribution < 1.29 is 17.9 Å². The van der Waals surface area contributed by atoms with Gasteiger partial charge in [0.25, 0.3) is 5.91 Å². The number of methoxy groups -OCH3 is 1. The summed E-state index contributed by atoms with van der Waals surface area (Å²) < 4.78 is 33.9.